The third kappa shape index (κ3) is 2.75. The Morgan fingerprint density at radius 3 is 1.44 bits per heavy atom. The number of hydrogen-bond acceptors (Lipinski definition) is 2. The largest absolute Gasteiger partial charge is 2.00 e. The molecule has 0 spiro atoms. The Balaban J connectivity index is 0.000000640. The van der Waals surface area contributed by atoms with Crippen molar-refractivity contribution in [2.24, 2.45) is 11.5 Å². The molecule has 0 radical (unpaired) electrons. The number of nitrogens with two attached hydrogens (primary N) is 2. The van der Waals surface area contributed by atoms with Crippen molar-refractivity contribution in [2.75, 3.05) is 0 Å². The summed E-state index contributed by atoms with van der Waals surface area (Å²) in [6, 6.07) is 0.562. The molecule has 0 aromatic rings. The maximum atomic E-state index is 5.65. The predicted molar refractivity (Wildman–Crippen MR) is 34.4 cm³/mol. The molecule has 3 heteroatoms. The summed E-state index contributed by atoms with van der Waals surface area (Å²) in [5, 5.41) is 0. The molecule has 9 heavy (non-hydrogen) atoms. The third-order valence-corrected chi connectivity index (χ3v) is 1.87. The molecule has 0 heterocycles. The van der Waals surface area contributed by atoms with E-state index in [1.807, 2.05) is 0 Å². The van der Waals surface area contributed by atoms with E-state index in [1.165, 1.54) is 12.8 Å². The summed E-state index contributed by atoms with van der Waals surface area (Å²) < 4.78 is 0. The minimum Gasteiger partial charge on any atom is -0.326 e. The molecular weight excluding hydrogens is 201 g/mol. The minimum atomic E-state index is 0. The second-order valence-corrected chi connectivity index (χ2v) is 2.61. The van der Waals surface area contributed by atoms with E-state index in [-0.39, 0.29) is 31.6 Å². The number of hydrogen-bond donors (Lipinski definition) is 2. The smallest absolute Gasteiger partial charge is 0.326 e. The molecule has 2 atom stereocenters. The van der Waals surface area contributed by atoms with Crippen LogP contribution in [0.3, 0.4) is 0 Å². The fraction of sp³-hybridized carbons (Fsp3) is 1.00. The van der Waals surface area contributed by atoms with Gasteiger partial charge in [-0.2, -0.15) is 0 Å². The van der Waals surface area contributed by atoms with Crippen LogP contribution in [0, 0.1) is 0 Å². The van der Waals surface area contributed by atoms with E-state index in [0.29, 0.717) is 0 Å². The van der Waals surface area contributed by atoms with Crippen LogP contribution >= 0.6 is 0 Å². The summed E-state index contributed by atoms with van der Waals surface area (Å²) in [7, 11) is 0. The zero-order valence-electron chi connectivity index (χ0n) is 5.49. The van der Waals surface area contributed by atoms with Gasteiger partial charge in [0.05, 0.1) is 0 Å². The summed E-state index contributed by atoms with van der Waals surface area (Å²) in [4.78, 5) is 0. The van der Waals surface area contributed by atoms with Gasteiger partial charge in [-0.15, -0.1) is 0 Å². The van der Waals surface area contributed by atoms with E-state index in [1.54, 1.807) is 0 Å². The Morgan fingerprint density at radius 2 is 1.22 bits per heavy atom. The van der Waals surface area contributed by atoms with Crippen molar-refractivity contribution < 1.29 is 19.5 Å². The molecule has 0 aromatic carbocycles. The SMILES string of the molecule is N[C@@H]1CCCC[C@H]1N.[Ru+2]. The summed E-state index contributed by atoms with van der Waals surface area (Å²) >= 11 is 0. The molecule has 1 aliphatic rings. The van der Waals surface area contributed by atoms with Gasteiger partial charge in [-0.3, -0.25) is 0 Å². The Kier molecular flexibility index (Phi) is 4.64. The monoisotopic (exact) mass is 216 g/mol. The van der Waals surface area contributed by atoms with Crippen LogP contribution in [0.2, 0.25) is 0 Å². The van der Waals surface area contributed by atoms with E-state index < -0.39 is 0 Å². The van der Waals surface area contributed by atoms with Gasteiger partial charge in [0.2, 0.25) is 0 Å². The predicted octanol–water partition coefficient (Wildman–Crippen LogP) is 0.213. The van der Waals surface area contributed by atoms with Gasteiger partial charge in [0.25, 0.3) is 0 Å². The average Bonchev–Trinajstić information content (AvgIpc) is 1.77. The Labute approximate surface area is 69.1 Å². The second kappa shape index (κ2) is 4.37. The summed E-state index contributed by atoms with van der Waals surface area (Å²) in [5.41, 5.74) is 11.3. The van der Waals surface area contributed by atoms with Crippen molar-refractivity contribution in [1.82, 2.24) is 0 Å². The summed E-state index contributed by atoms with van der Waals surface area (Å²) in [6.45, 7) is 0. The fourth-order valence-corrected chi connectivity index (χ4v) is 1.19. The second-order valence-electron chi connectivity index (χ2n) is 2.61. The van der Waals surface area contributed by atoms with Crippen LogP contribution in [-0.2, 0) is 19.5 Å². The van der Waals surface area contributed by atoms with Gasteiger partial charge >= 0.3 is 19.5 Å². The first-order valence-corrected chi connectivity index (χ1v) is 3.32. The first-order chi connectivity index (χ1) is 3.80. The fourth-order valence-electron chi connectivity index (χ4n) is 1.19. The maximum Gasteiger partial charge on any atom is 2.00 e. The van der Waals surface area contributed by atoms with Gasteiger partial charge in [-0.1, -0.05) is 12.8 Å². The van der Waals surface area contributed by atoms with Crippen LogP contribution in [0.1, 0.15) is 25.7 Å². The van der Waals surface area contributed by atoms with Crippen LogP contribution in [0.4, 0.5) is 0 Å². The molecule has 4 N–H and O–H groups in total. The van der Waals surface area contributed by atoms with E-state index in [4.69, 9.17) is 11.5 Å². The van der Waals surface area contributed by atoms with Gasteiger partial charge in [-0.05, 0) is 12.8 Å². The quantitative estimate of drug-likeness (QED) is 0.568. The standard InChI is InChI=1S/C6H14N2.Ru/c7-5-3-1-2-4-6(5)8;/h5-6H,1-4,7-8H2;/q;+2/t5-,6-;/m1./s1. The maximum absolute atomic E-state index is 5.65. The summed E-state index contributed by atoms with van der Waals surface area (Å²) in [6.07, 6.45) is 4.80. The van der Waals surface area contributed by atoms with Crippen molar-refractivity contribution >= 4 is 0 Å². The topological polar surface area (TPSA) is 52.0 Å². The van der Waals surface area contributed by atoms with Crippen LogP contribution < -0.4 is 11.5 Å². The van der Waals surface area contributed by atoms with Crippen LogP contribution in [-0.4, -0.2) is 12.1 Å². The van der Waals surface area contributed by atoms with Crippen molar-refractivity contribution in [2.45, 2.75) is 37.8 Å². The van der Waals surface area contributed by atoms with Crippen LogP contribution in [0.15, 0.2) is 0 Å². The van der Waals surface area contributed by atoms with E-state index in [9.17, 15) is 0 Å². The van der Waals surface area contributed by atoms with Gasteiger partial charge in [0.1, 0.15) is 0 Å². The van der Waals surface area contributed by atoms with Crippen LogP contribution in [0.5, 0.6) is 0 Å². The Morgan fingerprint density at radius 1 is 0.889 bits per heavy atom. The van der Waals surface area contributed by atoms with Crippen molar-refractivity contribution in [3.8, 4) is 0 Å². The Hall–Kier alpha value is 0.543. The van der Waals surface area contributed by atoms with Crippen molar-refractivity contribution in [3.05, 3.63) is 0 Å². The van der Waals surface area contributed by atoms with E-state index in [0.717, 1.165) is 12.8 Å². The molecule has 0 unspecified atom stereocenters. The van der Waals surface area contributed by atoms with Crippen molar-refractivity contribution in [3.63, 3.8) is 0 Å². The molecule has 2 nitrogen and oxygen atoms in total. The van der Waals surface area contributed by atoms with Crippen LogP contribution in [0.25, 0.3) is 0 Å². The van der Waals surface area contributed by atoms with Gasteiger partial charge < -0.3 is 11.5 Å². The zero-order chi connectivity index (χ0) is 5.98. The molecule has 0 saturated heterocycles. The number of rotatable bonds is 0. The molecule has 1 fully saturated rings. The molecular formula is C6H14N2Ru+2. The van der Waals surface area contributed by atoms with E-state index >= 15 is 0 Å². The van der Waals surface area contributed by atoms with Gasteiger partial charge in [-0.25, -0.2) is 0 Å². The minimum absolute atomic E-state index is 0. The van der Waals surface area contributed by atoms with Crippen molar-refractivity contribution in [1.29, 1.82) is 0 Å². The van der Waals surface area contributed by atoms with Gasteiger partial charge in [0, 0.05) is 12.1 Å². The molecule has 1 aliphatic carbocycles. The van der Waals surface area contributed by atoms with Gasteiger partial charge in [0.15, 0.2) is 0 Å². The molecule has 0 aliphatic heterocycles. The third-order valence-electron chi connectivity index (χ3n) is 1.87. The molecule has 0 amide bonds. The first-order valence-electron chi connectivity index (χ1n) is 3.32. The molecule has 0 bridgehead atoms. The molecule has 1 saturated carbocycles. The summed E-state index contributed by atoms with van der Waals surface area (Å²) in [5.74, 6) is 0. The Bertz CT molecular complexity index is 67.5. The van der Waals surface area contributed by atoms with E-state index in [2.05, 4.69) is 0 Å². The molecule has 54 valence electrons. The average molecular weight is 215 g/mol. The molecule has 1 rings (SSSR count). The normalized spacial score (nSPS) is 35.3. The first kappa shape index (κ1) is 9.54. The molecule has 0 aromatic heterocycles. The zero-order valence-corrected chi connectivity index (χ0v) is 7.23.